The van der Waals surface area contributed by atoms with Gasteiger partial charge in [-0.05, 0) is 66.9 Å². The average molecular weight is 495 g/mol. The predicted molar refractivity (Wildman–Crippen MR) is 132 cm³/mol. The lowest BCUT2D eigenvalue weighted by atomic mass is 10.0. The Morgan fingerprint density at radius 1 is 0.912 bits per heavy atom. The van der Waals surface area contributed by atoms with Gasteiger partial charge in [-0.1, -0.05) is 53.5 Å². The van der Waals surface area contributed by atoms with E-state index < -0.39 is 17.8 Å². The fourth-order valence-corrected chi connectivity index (χ4v) is 3.97. The number of hydrogen-bond acceptors (Lipinski definition) is 4. The van der Waals surface area contributed by atoms with Gasteiger partial charge in [-0.25, -0.2) is 9.69 Å². The minimum absolute atomic E-state index is 0.177. The minimum atomic E-state index is -0.790. The van der Waals surface area contributed by atoms with Gasteiger partial charge in [0.15, 0.2) is 0 Å². The second-order valence-corrected chi connectivity index (χ2v) is 8.69. The largest absolute Gasteiger partial charge is 0.488 e. The SMILES string of the molecule is Cc1cc(C)cc(N2C(=O)NC(=O)/C(=C\c3ccccc3OCc3ccc(Cl)c(Cl)c3)C2=O)c1. The van der Waals surface area contributed by atoms with Crippen molar-refractivity contribution in [3.63, 3.8) is 0 Å². The minimum Gasteiger partial charge on any atom is -0.488 e. The number of para-hydroxylation sites is 1. The third-order valence-corrected chi connectivity index (χ3v) is 5.90. The molecule has 1 heterocycles. The molecule has 0 atom stereocenters. The first-order valence-electron chi connectivity index (χ1n) is 10.4. The standard InChI is InChI=1S/C26H20Cl2N2O4/c1-15-9-16(2)11-19(10-15)30-25(32)20(24(31)29-26(30)33)13-18-5-3-4-6-23(18)34-14-17-7-8-21(27)22(28)12-17/h3-13H,14H2,1-2H3,(H,29,31,33)/b20-13+. The van der Waals surface area contributed by atoms with Gasteiger partial charge in [-0.3, -0.25) is 14.9 Å². The van der Waals surface area contributed by atoms with Gasteiger partial charge in [0.1, 0.15) is 17.9 Å². The van der Waals surface area contributed by atoms with E-state index in [0.29, 0.717) is 27.0 Å². The van der Waals surface area contributed by atoms with Gasteiger partial charge >= 0.3 is 6.03 Å². The van der Waals surface area contributed by atoms with Crippen molar-refractivity contribution in [2.45, 2.75) is 20.5 Å². The number of carbonyl (C=O) groups excluding carboxylic acids is 3. The number of amides is 4. The number of ether oxygens (including phenoxy) is 1. The molecule has 1 N–H and O–H groups in total. The molecule has 172 valence electrons. The smallest absolute Gasteiger partial charge is 0.335 e. The van der Waals surface area contributed by atoms with E-state index in [9.17, 15) is 14.4 Å². The summed E-state index contributed by atoms with van der Waals surface area (Å²) in [5, 5.41) is 3.11. The van der Waals surface area contributed by atoms with Crippen LogP contribution in [0.5, 0.6) is 5.75 Å². The van der Waals surface area contributed by atoms with Crippen LogP contribution >= 0.6 is 23.2 Å². The zero-order valence-electron chi connectivity index (χ0n) is 18.4. The van der Waals surface area contributed by atoms with Crippen LogP contribution in [0.4, 0.5) is 10.5 Å². The molecule has 0 spiro atoms. The molecule has 4 amide bonds. The molecule has 1 saturated heterocycles. The summed E-state index contributed by atoms with van der Waals surface area (Å²) in [7, 11) is 0. The van der Waals surface area contributed by atoms with E-state index in [2.05, 4.69) is 5.32 Å². The number of nitrogens with zero attached hydrogens (tertiary/aromatic N) is 1. The highest BCUT2D eigenvalue weighted by molar-refractivity contribution is 6.42. The molecule has 0 aliphatic carbocycles. The molecule has 0 aromatic heterocycles. The summed E-state index contributed by atoms with van der Waals surface area (Å²) in [6, 6.07) is 16.7. The van der Waals surface area contributed by atoms with Crippen molar-refractivity contribution in [2.24, 2.45) is 0 Å². The molecule has 6 nitrogen and oxygen atoms in total. The number of anilines is 1. The lowest BCUT2D eigenvalue weighted by molar-refractivity contribution is -0.122. The molecule has 1 fully saturated rings. The molecule has 1 aliphatic heterocycles. The number of aryl methyl sites for hydroxylation is 2. The number of urea groups is 1. The van der Waals surface area contributed by atoms with Gasteiger partial charge < -0.3 is 4.74 Å². The molecule has 0 radical (unpaired) electrons. The van der Waals surface area contributed by atoms with Crippen molar-refractivity contribution in [1.29, 1.82) is 0 Å². The fourth-order valence-electron chi connectivity index (χ4n) is 3.65. The monoisotopic (exact) mass is 494 g/mol. The highest BCUT2D eigenvalue weighted by Gasteiger charge is 2.37. The maximum atomic E-state index is 13.2. The van der Waals surface area contributed by atoms with E-state index in [1.807, 2.05) is 19.9 Å². The maximum Gasteiger partial charge on any atom is 0.335 e. The number of rotatable bonds is 5. The number of hydrogen-bond donors (Lipinski definition) is 1. The van der Waals surface area contributed by atoms with E-state index in [1.54, 1.807) is 54.6 Å². The zero-order chi connectivity index (χ0) is 24.4. The van der Waals surface area contributed by atoms with Gasteiger partial charge in [-0.15, -0.1) is 0 Å². The Bertz CT molecular complexity index is 1330. The van der Waals surface area contributed by atoms with Crippen LogP contribution in [0.15, 0.2) is 66.2 Å². The molecule has 0 unspecified atom stereocenters. The fraction of sp³-hybridized carbons (Fsp3) is 0.115. The normalized spacial score (nSPS) is 15.0. The van der Waals surface area contributed by atoms with Crippen LogP contribution in [-0.4, -0.2) is 17.8 Å². The first-order valence-corrected chi connectivity index (χ1v) is 11.1. The summed E-state index contributed by atoms with van der Waals surface area (Å²) >= 11 is 12.0. The third-order valence-electron chi connectivity index (χ3n) is 5.16. The Balaban J connectivity index is 1.65. The highest BCUT2D eigenvalue weighted by atomic mass is 35.5. The zero-order valence-corrected chi connectivity index (χ0v) is 19.9. The average Bonchev–Trinajstić information content (AvgIpc) is 2.77. The quantitative estimate of drug-likeness (QED) is 0.356. The molecule has 4 rings (SSSR count). The Morgan fingerprint density at radius 2 is 1.62 bits per heavy atom. The first kappa shape index (κ1) is 23.5. The molecule has 8 heteroatoms. The van der Waals surface area contributed by atoms with Crippen molar-refractivity contribution in [3.8, 4) is 5.75 Å². The van der Waals surface area contributed by atoms with Gasteiger partial charge in [0.25, 0.3) is 11.8 Å². The number of barbiturate groups is 1. The number of nitrogens with one attached hydrogen (secondary N) is 1. The molecule has 0 bridgehead atoms. The number of imide groups is 2. The summed E-state index contributed by atoms with van der Waals surface area (Å²) in [5.41, 5.74) is 3.30. The van der Waals surface area contributed by atoms with Crippen LogP contribution in [0, 0.1) is 13.8 Å². The Morgan fingerprint density at radius 3 is 2.32 bits per heavy atom. The van der Waals surface area contributed by atoms with Crippen molar-refractivity contribution < 1.29 is 19.1 Å². The van der Waals surface area contributed by atoms with Crippen LogP contribution in [0.3, 0.4) is 0 Å². The van der Waals surface area contributed by atoms with E-state index in [1.165, 1.54) is 6.08 Å². The molecule has 0 saturated carbocycles. The first-order chi connectivity index (χ1) is 16.2. The summed E-state index contributed by atoms with van der Waals surface area (Å²) in [4.78, 5) is 39.3. The lowest BCUT2D eigenvalue weighted by Crippen LogP contribution is -2.54. The van der Waals surface area contributed by atoms with Gasteiger partial charge in [0.05, 0.1) is 15.7 Å². The van der Waals surface area contributed by atoms with Crippen LogP contribution in [0.1, 0.15) is 22.3 Å². The predicted octanol–water partition coefficient (Wildman–Crippen LogP) is 5.86. The summed E-state index contributed by atoms with van der Waals surface area (Å²) in [5.74, 6) is -1.02. The van der Waals surface area contributed by atoms with Gasteiger partial charge in [0.2, 0.25) is 0 Å². The summed E-state index contributed by atoms with van der Waals surface area (Å²) < 4.78 is 5.92. The highest BCUT2D eigenvalue weighted by Crippen LogP contribution is 2.28. The molecule has 1 aliphatic rings. The Hall–Kier alpha value is -3.61. The lowest BCUT2D eigenvalue weighted by Gasteiger charge is -2.27. The molecule has 34 heavy (non-hydrogen) atoms. The topological polar surface area (TPSA) is 75.7 Å². The van der Waals surface area contributed by atoms with E-state index in [-0.39, 0.29) is 12.2 Å². The molecule has 3 aromatic carbocycles. The summed E-state index contributed by atoms with van der Waals surface area (Å²) in [6.07, 6.45) is 1.42. The van der Waals surface area contributed by atoms with E-state index in [4.69, 9.17) is 27.9 Å². The van der Waals surface area contributed by atoms with Crippen molar-refractivity contribution in [2.75, 3.05) is 4.90 Å². The molecular weight excluding hydrogens is 475 g/mol. The van der Waals surface area contributed by atoms with Crippen LogP contribution in [-0.2, 0) is 16.2 Å². The van der Waals surface area contributed by atoms with E-state index in [0.717, 1.165) is 21.6 Å². The number of halogens is 2. The van der Waals surface area contributed by atoms with Gasteiger partial charge in [-0.2, -0.15) is 0 Å². The van der Waals surface area contributed by atoms with Crippen LogP contribution < -0.4 is 15.0 Å². The van der Waals surface area contributed by atoms with Crippen LogP contribution in [0.2, 0.25) is 10.0 Å². The molecular formula is C26H20Cl2N2O4. The van der Waals surface area contributed by atoms with Crippen LogP contribution in [0.25, 0.3) is 6.08 Å². The third kappa shape index (κ3) is 4.98. The van der Waals surface area contributed by atoms with Gasteiger partial charge in [0, 0.05) is 5.56 Å². The summed E-state index contributed by atoms with van der Waals surface area (Å²) in [6.45, 7) is 3.93. The Labute approximate surface area is 206 Å². The maximum absolute atomic E-state index is 13.2. The van der Waals surface area contributed by atoms with Crippen molar-refractivity contribution >= 4 is 52.8 Å². The Kier molecular flexibility index (Phi) is 6.72. The number of carbonyl (C=O) groups is 3. The second-order valence-electron chi connectivity index (χ2n) is 7.88. The van der Waals surface area contributed by atoms with Crippen molar-refractivity contribution in [3.05, 3.63) is 98.5 Å². The van der Waals surface area contributed by atoms with Crippen molar-refractivity contribution in [1.82, 2.24) is 5.32 Å². The number of benzene rings is 3. The molecule has 3 aromatic rings. The second kappa shape index (κ2) is 9.71. The van der Waals surface area contributed by atoms with E-state index >= 15 is 0 Å².